The van der Waals surface area contributed by atoms with Gasteiger partial charge in [-0.2, -0.15) is 0 Å². The van der Waals surface area contributed by atoms with Crippen molar-refractivity contribution in [2.45, 2.75) is 51.2 Å². The van der Waals surface area contributed by atoms with Gasteiger partial charge in [-0.15, -0.1) is 0 Å². The van der Waals surface area contributed by atoms with Gasteiger partial charge in [-0.05, 0) is 72.4 Å². The molecule has 4 heteroatoms. The fraction of sp³-hybridized carbons (Fsp3) is 0.520. The summed E-state index contributed by atoms with van der Waals surface area (Å²) in [5.74, 6) is 1.63. The monoisotopic (exact) mass is 394 g/mol. The minimum absolute atomic E-state index is 0.327. The molecule has 0 radical (unpaired) electrons. The fourth-order valence-corrected chi connectivity index (χ4v) is 4.66. The maximum absolute atomic E-state index is 6.15. The normalized spacial score (nSPS) is 19.9. The average Bonchev–Trinajstić information content (AvgIpc) is 2.75. The Kier molecular flexibility index (Phi) is 6.86. The number of fused-ring (bicyclic) bond motifs is 1. The first-order valence-corrected chi connectivity index (χ1v) is 11.0. The molecule has 0 aromatic heterocycles. The Hall–Kier alpha value is -1.88. The van der Waals surface area contributed by atoms with Crippen molar-refractivity contribution in [3.8, 4) is 5.75 Å². The first-order chi connectivity index (χ1) is 14.2. The van der Waals surface area contributed by atoms with E-state index >= 15 is 0 Å². The van der Waals surface area contributed by atoms with Gasteiger partial charge in [-0.1, -0.05) is 30.3 Å². The first kappa shape index (κ1) is 20.4. The molecule has 2 aromatic carbocycles. The molecule has 0 saturated carbocycles. The van der Waals surface area contributed by atoms with Crippen LogP contribution in [0.25, 0.3) is 0 Å². The Morgan fingerprint density at radius 2 is 1.69 bits per heavy atom. The van der Waals surface area contributed by atoms with Crippen molar-refractivity contribution in [2.24, 2.45) is 11.7 Å². The summed E-state index contributed by atoms with van der Waals surface area (Å²) in [7, 11) is 1.72. The maximum Gasteiger partial charge on any atom is 0.118 e. The summed E-state index contributed by atoms with van der Waals surface area (Å²) in [6.07, 6.45) is 5.58. The fourth-order valence-electron chi connectivity index (χ4n) is 4.66. The minimum Gasteiger partial charge on any atom is -0.497 e. The van der Waals surface area contributed by atoms with Crippen LogP contribution in [0.15, 0.2) is 42.5 Å². The summed E-state index contributed by atoms with van der Waals surface area (Å²) in [5.41, 5.74) is 11.8. The first-order valence-electron chi connectivity index (χ1n) is 11.0. The third kappa shape index (κ3) is 5.59. The zero-order valence-corrected chi connectivity index (χ0v) is 17.6. The smallest absolute Gasteiger partial charge is 0.118 e. The average molecular weight is 395 g/mol. The molecule has 1 aliphatic carbocycles. The van der Waals surface area contributed by atoms with Gasteiger partial charge in [0, 0.05) is 38.9 Å². The van der Waals surface area contributed by atoms with Crippen molar-refractivity contribution in [3.05, 3.63) is 64.7 Å². The molecule has 0 spiro atoms. The van der Waals surface area contributed by atoms with Crippen LogP contribution in [0.1, 0.15) is 41.5 Å². The zero-order valence-electron chi connectivity index (χ0n) is 17.6. The van der Waals surface area contributed by atoms with E-state index in [1.807, 2.05) is 0 Å². The van der Waals surface area contributed by atoms with Gasteiger partial charge in [-0.25, -0.2) is 0 Å². The summed E-state index contributed by atoms with van der Waals surface area (Å²) in [6, 6.07) is 15.9. The van der Waals surface area contributed by atoms with E-state index in [1.165, 1.54) is 35.1 Å². The van der Waals surface area contributed by atoms with Gasteiger partial charge in [-0.3, -0.25) is 4.90 Å². The van der Waals surface area contributed by atoms with Gasteiger partial charge in [0.15, 0.2) is 0 Å². The highest BCUT2D eigenvalue weighted by Crippen LogP contribution is 2.24. The van der Waals surface area contributed by atoms with Crippen molar-refractivity contribution in [1.29, 1.82) is 0 Å². The quantitative estimate of drug-likeness (QED) is 0.773. The molecule has 4 rings (SSSR count). The van der Waals surface area contributed by atoms with Crippen LogP contribution in [0.2, 0.25) is 0 Å². The SMILES string of the molecule is COc1ccc(CN(Cc2ccc3c(c2)CC[C@H](N)C3)CC2CCOCC2)cc1. The lowest BCUT2D eigenvalue weighted by Gasteiger charge is -2.30. The molecule has 0 unspecified atom stereocenters. The van der Waals surface area contributed by atoms with Crippen molar-refractivity contribution in [1.82, 2.24) is 4.90 Å². The molecule has 4 nitrogen and oxygen atoms in total. The van der Waals surface area contributed by atoms with Gasteiger partial charge in [0.1, 0.15) is 5.75 Å². The van der Waals surface area contributed by atoms with Crippen LogP contribution in [0, 0.1) is 5.92 Å². The van der Waals surface area contributed by atoms with E-state index in [1.54, 1.807) is 7.11 Å². The zero-order chi connectivity index (χ0) is 20.1. The molecule has 2 aliphatic rings. The van der Waals surface area contributed by atoms with E-state index < -0.39 is 0 Å². The number of benzene rings is 2. The van der Waals surface area contributed by atoms with Crippen LogP contribution in [0.5, 0.6) is 5.75 Å². The van der Waals surface area contributed by atoms with E-state index in [4.69, 9.17) is 15.2 Å². The molecule has 29 heavy (non-hydrogen) atoms. The van der Waals surface area contributed by atoms with Crippen LogP contribution in [-0.4, -0.2) is 37.8 Å². The molecule has 1 heterocycles. The van der Waals surface area contributed by atoms with Crippen LogP contribution in [0.3, 0.4) is 0 Å². The number of hydrogen-bond donors (Lipinski definition) is 1. The molecule has 2 N–H and O–H groups in total. The number of nitrogens with zero attached hydrogens (tertiary/aromatic N) is 1. The second kappa shape index (κ2) is 9.75. The standard InChI is InChI=1S/C25H34N2O2/c1-28-25-8-3-19(4-9-25)16-27(17-20-10-12-29-13-11-20)18-21-2-5-23-15-24(26)7-6-22(23)14-21/h2-5,8-9,14,20,24H,6-7,10-13,15-18,26H2,1H3/t24-/m0/s1. The molecule has 0 amide bonds. The number of methoxy groups -OCH3 is 1. The van der Waals surface area contributed by atoms with Crippen LogP contribution in [-0.2, 0) is 30.7 Å². The number of ether oxygens (including phenoxy) is 2. The second-order valence-electron chi connectivity index (χ2n) is 8.68. The summed E-state index contributed by atoms with van der Waals surface area (Å²) < 4.78 is 10.9. The summed E-state index contributed by atoms with van der Waals surface area (Å²) in [4.78, 5) is 2.61. The number of rotatable bonds is 7. The molecular formula is C25H34N2O2. The van der Waals surface area contributed by atoms with E-state index in [9.17, 15) is 0 Å². The summed E-state index contributed by atoms with van der Waals surface area (Å²) in [5, 5.41) is 0. The number of aryl methyl sites for hydroxylation is 1. The van der Waals surface area contributed by atoms with Gasteiger partial charge in [0.2, 0.25) is 0 Å². The van der Waals surface area contributed by atoms with Crippen LogP contribution in [0.4, 0.5) is 0 Å². The Morgan fingerprint density at radius 3 is 2.45 bits per heavy atom. The molecule has 1 aliphatic heterocycles. The number of hydrogen-bond acceptors (Lipinski definition) is 4. The lowest BCUT2D eigenvalue weighted by atomic mass is 9.87. The Balaban J connectivity index is 1.48. The highest BCUT2D eigenvalue weighted by atomic mass is 16.5. The Morgan fingerprint density at radius 1 is 0.966 bits per heavy atom. The molecule has 1 fully saturated rings. The third-order valence-electron chi connectivity index (χ3n) is 6.37. The van der Waals surface area contributed by atoms with Crippen molar-refractivity contribution in [3.63, 3.8) is 0 Å². The van der Waals surface area contributed by atoms with Gasteiger partial charge in [0.05, 0.1) is 7.11 Å². The van der Waals surface area contributed by atoms with Crippen molar-refractivity contribution in [2.75, 3.05) is 26.9 Å². The lowest BCUT2D eigenvalue weighted by Crippen LogP contribution is -2.32. The molecular weight excluding hydrogens is 360 g/mol. The van der Waals surface area contributed by atoms with Gasteiger partial charge >= 0.3 is 0 Å². The largest absolute Gasteiger partial charge is 0.497 e. The van der Waals surface area contributed by atoms with Crippen molar-refractivity contribution >= 4 is 0 Å². The minimum atomic E-state index is 0.327. The van der Waals surface area contributed by atoms with Crippen LogP contribution >= 0.6 is 0 Å². The van der Waals surface area contributed by atoms with Gasteiger partial charge in [0.25, 0.3) is 0 Å². The van der Waals surface area contributed by atoms with Crippen molar-refractivity contribution < 1.29 is 9.47 Å². The van der Waals surface area contributed by atoms with E-state index in [0.29, 0.717) is 6.04 Å². The highest BCUT2D eigenvalue weighted by molar-refractivity contribution is 5.35. The van der Waals surface area contributed by atoms with E-state index in [-0.39, 0.29) is 0 Å². The second-order valence-corrected chi connectivity index (χ2v) is 8.68. The third-order valence-corrected chi connectivity index (χ3v) is 6.37. The number of nitrogens with two attached hydrogens (primary N) is 1. The maximum atomic E-state index is 6.15. The van der Waals surface area contributed by atoms with Crippen LogP contribution < -0.4 is 10.5 Å². The predicted octanol–water partition coefficient (Wildman–Crippen LogP) is 3.94. The molecule has 0 bridgehead atoms. The lowest BCUT2D eigenvalue weighted by molar-refractivity contribution is 0.0502. The topological polar surface area (TPSA) is 47.7 Å². The summed E-state index contributed by atoms with van der Waals surface area (Å²) in [6.45, 7) is 4.88. The Labute approximate surface area is 175 Å². The molecule has 1 atom stereocenters. The molecule has 2 aromatic rings. The Bertz CT molecular complexity index is 784. The van der Waals surface area contributed by atoms with E-state index in [2.05, 4.69) is 47.4 Å². The molecule has 1 saturated heterocycles. The molecule has 156 valence electrons. The van der Waals surface area contributed by atoms with Gasteiger partial charge < -0.3 is 15.2 Å². The highest BCUT2D eigenvalue weighted by Gasteiger charge is 2.20. The summed E-state index contributed by atoms with van der Waals surface area (Å²) >= 11 is 0. The predicted molar refractivity (Wildman–Crippen MR) is 117 cm³/mol. The van der Waals surface area contributed by atoms with E-state index in [0.717, 1.165) is 63.8 Å².